The van der Waals surface area contributed by atoms with Crippen LogP contribution < -0.4 is 9.47 Å². The molecule has 0 fully saturated rings. The topological polar surface area (TPSA) is 44.2 Å². The largest absolute Gasteiger partial charge is 0.494 e. The van der Waals surface area contributed by atoms with E-state index in [4.69, 9.17) is 21.1 Å². The minimum atomic E-state index is 0.315. The van der Waals surface area contributed by atoms with E-state index < -0.39 is 0 Å². The first kappa shape index (κ1) is 13.6. The first-order chi connectivity index (χ1) is 9.22. The van der Waals surface area contributed by atoms with Gasteiger partial charge < -0.3 is 9.47 Å². The number of hydrogen-bond donors (Lipinski definition) is 0. The lowest BCUT2D eigenvalue weighted by Gasteiger charge is -2.07. The highest BCUT2D eigenvalue weighted by atomic mass is 35.5. The van der Waals surface area contributed by atoms with Gasteiger partial charge in [0.1, 0.15) is 11.5 Å². The summed E-state index contributed by atoms with van der Waals surface area (Å²) in [7, 11) is 0. The molecule has 0 amide bonds. The fourth-order valence-corrected chi connectivity index (χ4v) is 1.79. The van der Waals surface area contributed by atoms with Crippen molar-refractivity contribution in [1.29, 1.82) is 0 Å². The van der Waals surface area contributed by atoms with Gasteiger partial charge in [0.05, 0.1) is 12.5 Å². The Morgan fingerprint density at radius 3 is 2.42 bits per heavy atom. The molecular formula is C14H15ClN2O2. The third-order valence-electron chi connectivity index (χ3n) is 2.55. The molecular weight excluding hydrogens is 264 g/mol. The van der Waals surface area contributed by atoms with Crippen molar-refractivity contribution < 1.29 is 9.47 Å². The second-order valence-corrected chi connectivity index (χ2v) is 4.17. The second-order valence-electron chi connectivity index (χ2n) is 3.90. The van der Waals surface area contributed by atoms with Crippen molar-refractivity contribution in [3.8, 4) is 17.5 Å². The summed E-state index contributed by atoms with van der Waals surface area (Å²) < 4.78 is 10.9. The van der Waals surface area contributed by atoms with Crippen molar-refractivity contribution in [3.05, 3.63) is 41.7 Å². The van der Waals surface area contributed by atoms with Gasteiger partial charge in [-0.2, -0.15) is 4.98 Å². The second kappa shape index (κ2) is 6.38. The van der Waals surface area contributed by atoms with E-state index in [0.29, 0.717) is 24.2 Å². The summed E-state index contributed by atoms with van der Waals surface area (Å²) in [4.78, 5) is 8.36. The van der Waals surface area contributed by atoms with E-state index in [1.807, 2.05) is 38.1 Å². The number of alkyl halides is 1. The molecule has 0 N–H and O–H groups in total. The highest BCUT2D eigenvalue weighted by molar-refractivity contribution is 6.17. The molecule has 0 spiro atoms. The van der Waals surface area contributed by atoms with Crippen LogP contribution in [0.5, 0.6) is 17.5 Å². The highest BCUT2D eigenvalue weighted by Gasteiger charge is 2.05. The van der Waals surface area contributed by atoms with Gasteiger partial charge in [0.2, 0.25) is 0 Å². The van der Waals surface area contributed by atoms with E-state index in [2.05, 4.69) is 9.97 Å². The SMILES string of the molecule is CCOc1ccc(Oc2ncc(CCl)c(C)n2)cc1. The van der Waals surface area contributed by atoms with Crippen molar-refractivity contribution >= 4 is 11.6 Å². The van der Waals surface area contributed by atoms with Gasteiger partial charge >= 0.3 is 6.01 Å². The average molecular weight is 279 g/mol. The van der Waals surface area contributed by atoms with Crippen LogP contribution in [0.25, 0.3) is 0 Å². The highest BCUT2D eigenvalue weighted by Crippen LogP contribution is 2.22. The molecule has 4 nitrogen and oxygen atoms in total. The summed E-state index contributed by atoms with van der Waals surface area (Å²) in [5.74, 6) is 1.88. The molecule has 2 aromatic rings. The van der Waals surface area contributed by atoms with Crippen molar-refractivity contribution in [2.24, 2.45) is 0 Å². The molecule has 1 aromatic heterocycles. The summed E-state index contributed by atoms with van der Waals surface area (Å²) in [5.41, 5.74) is 1.73. The Labute approximate surface area is 117 Å². The van der Waals surface area contributed by atoms with Crippen molar-refractivity contribution in [2.75, 3.05) is 6.61 Å². The van der Waals surface area contributed by atoms with Gasteiger partial charge in [-0.25, -0.2) is 4.98 Å². The maximum absolute atomic E-state index is 5.76. The number of nitrogens with zero attached hydrogens (tertiary/aromatic N) is 2. The predicted octanol–water partition coefficient (Wildman–Crippen LogP) is 3.71. The minimum absolute atomic E-state index is 0.315. The van der Waals surface area contributed by atoms with E-state index >= 15 is 0 Å². The summed E-state index contributed by atoms with van der Waals surface area (Å²) in [6, 6.07) is 7.64. The lowest BCUT2D eigenvalue weighted by molar-refractivity contribution is 0.339. The average Bonchev–Trinajstić information content (AvgIpc) is 2.42. The van der Waals surface area contributed by atoms with Crippen molar-refractivity contribution in [3.63, 3.8) is 0 Å². The summed E-state index contributed by atoms with van der Waals surface area (Å²) >= 11 is 5.76. The number of aryl methyl sites for hydroxylation is 1. The summed E-state index contributed by atoms with van der Waals surface area (Å²) in [6.07, 6.45) is 1.68. The Balaban J connectivity index is 2.10. The zero-order valence-electron chi connectivity index (χ0n) is 10.9. The van der Waals surface area contributed by atoms with Crippen LogP contribution in [0.2, 0.25) is 0 Å². The van der Waals surface area contributed by atoms with Gasteiger partial charge in [-0.3, -0.25) is 0 Å². The Hall–Kier alpha value is -1.81. The molecule has 0 bridgehead atoms. The molecule has 19 heavy (non-hydrogen) atoms. The molecule has 0 saturated carbocycles. The molecule has 0 aliphatic carbocycles. The van der Waals surface area contributed by atoms with Crippen LogP contribution in [-0.2, 0) is 5.88 Å². The Kier molecular flexibility index (Phi) is 4.58. The molecule has 1 heterocycles. The molecule has 0 aliphatic rings. The zero-order valence-corrected chi connectivity index (χ0v) is 11.6. The molecule has 0 atom stereocenters. The lowest BCUT2D eigenvalue weighted by atomic mass is 10.3. The normalized spacial score (nSPS) is 10.3. The van der Waals surface area contributed by atoms with Crippen LogP contribution >= 0.6 is 11.6 Å². The van der Waals surface area contributed by atoms with Crippen LogP contribution in [-0.4, -0.2) is 16.6 Å². The van der Waals surface area contributed by atoms with E-state index in [-0.39, 0.29) is 0 Å². The molecule has 100 valence electrons. The van der Waals surface area contributed by atoms with E-state index in [9.17, 15) is 0 Å². The predicted molar refractivity (Wildman–Crippen MR) is 74.0 cm³/mol. The van der Waals surface area contributed by atoms with Gasteiger partial charge in [-0.15, -0.1) is 11.6 Å². The number of ether oxygens (including phenoxy) is 2. The summed E-state index contributed by atoms with van der Waals surface area (Å²) in [6.45, 7) is 4.46. The standard InChI is InChI=1S/C14H15ClN2O2/c1-3-18-12-4-6-13(7-5-12)19-14-16-9-11(8-15)10(2)17-14/h4-7,9H,3,8H2,1-2H3. The van der Waals surface area contributed by atoms with Gasteiger partial charge in [0, 0.05) is 17.5 Å². The first-order valence-corrected chi connectivity index (χ1v) is 6.55. The van der Waals surface area contributed by atoms with Gasteiger partial charge in [-0.05, 0) is 38.1 Å². The first-order valence-electron chi connectivity index (χ1n) is 6.02. The van der Waals surface area contributed by atoms with Crippen molar-refractivity contribution in [2.45, 2.75) is 19.7 Å². The van der Waals surface area contributed by atoms with Crippen molar-refractivity contribution in [1.82, 2.24) is 9.97 Å². The number of halogens is 1. The van der Waals surface area contributed by atoms with E-state index in [1.54, 1.807) is 6.20 Å². The molecule has 5 heteroatoms. The molecule has 0 radical (unpaired) electrons. The number of rotatable bonds is 5. The Morgan fingerprint density at radius 1 is 1.16 bits per heavy atom. The number of aromatic nitrogens is 2. The Morgan fingerprint density at radius 2 is 1.84 bits per heavy atom. The van der Waals surface area contributed by atoms with Gasteiger partial charge in [0.25, 0.3) is 0 Å². The summed E-state index contributed by atoms with van der Waals surface area (Å²) in [5, 5.41) is 0. The van der Waals surface area contributed by atoms with Gasteiger partial charge in [0.15, 0.2) is 0 Å². The lowest BCUT2D eigenvalue weighted by Crippen LogP contribution is -1.97. The Bertz CT molecular complexity index is 544. The monoisotopic (exact) mass is 278 g/mol. The fourth-order valence-electron chi connectivity index (χ4n) is 1.53. The number of hydrogen-bond acceptors (Lipinski definition) is 4. The fraction of sp³-hybridized carbons (Fsp3) is 0.286. The molecule has 2 rings (SSSR count). The van der Waals surface area contributed by atoms with E-state index in [0.717, 1.165) is 17.0 Å². The third-order valence-corrected chi connectivity index (χ3v) is 2.83. The maximum Gasteiger partial charge on any atom is 0.322 e. The zero-order chi connectivity index (χ0) is 13.7. The third kappa shape index (κ3) is 3.58. The quantitative estimate of drug-likeness (QED) is 0.782. The minimum Gasteiger partial charge on any atom is -0.494 e. The van der Waals surface area contributed by atoms with Crippen LogP contribution in [0.3, 0.4) is 0 Å². The smallest absolute Gasteiger partial charge is 0.322 e. The molecule has 0 aliphatic heterocycles. The van der Waals surface area contributed by atoms with Crippen LogP contribution in [0.1, 0.15) is 18.2 Å². The van der Waals surface area contributed by atoms with Crippen LogP contribution in [0.4, 0.5) is 0 Å². The maximum atomic E-state index is 5.76. The van der Waals surface area contributed by atoms with Crippen LogP contribution in [0, 0.1) is 6.92 Å². The van der Waals surface area contributed by atoms with Crippen LogP contribution in [0.15, 0.2) is 30.5 Å². The molecule has 0 saturated heterocycles. The van der Waals surface area contributed by atoms with E-state index in [1.165, 1.54) is 0 Å². The molecule has 1 aromatic carbocycles. The van der Waals surface area contributed by atoms with Gasteiger partial charge in [-0.1, -0.05) is 0 Å². The molecule has 0 unspecified atom stereocenters. The number of benzene rings is 1.